The predicted molar refractivity (Wildman–Crippen MR) is 86.3 cm³/mol. The highest BCUT2D eigenvalue weighted by Crippen LogP contribution is 2.34. The molecule has 3 atom stereocenters. The average Bonchev–Trinajstić information content (AvgIpc) is 2.55. The van der Waals surface area contributed by atoms with Gasteiger partial charge in [-0.25, -0.2) is 0 Å². The molecule has 0 spiro atoms. The third kappa shape index (κ3) is 3.13. The molecule has 21 heavy (non-hydrogen) atoms. The van der Waals surface area contributed by atoms with Gasteiger partial charge in [-0.05, 0) is 58.2 Å². The Morgan fingerprint density at radius 3 is 2.76 bits per heavy atom. The van der Waals surface area contributed by atoms with Gasteiger partial charge < -0.3 is 15.4 Å². The van der Waals surface area contributed by atoms with Crippen LogP contribution in [-0.2, 0) is 4.74 Å². The van der Waals surface area contributed by atoms with Crippen LogP contribution >= 0.6 is 0 Å². The number of nitrogens with one attached hydrogen (secondary N) is 2. The van der Waals surface area contributed by atoms with Crippen LogP contribution < -0.4 is 10.6 Å². The molecule has 4 nitrogen and oxygen atoms in total. The van der Waals surface area contributed by atoms with Crippen molar-refractivity contribution in [3.63, 3.8) is 0 Å². The fourth-order valence-corrected chi connectivity index (χ4v) is 4.31. The average molecular weight is 293 g/mol. The largest absolute Gasteiger partial charge is 0.388 e. The number of piperidine rings is 1. The van der Waals surface area contributed by atoms with E-state index in [0.29, 0.717) is 18.1 Å². The van der Waals surface area contributed by atoms with Gasteiger partial charge in [0.2, 0.25) is 0 Å². The van der Waals surface area contributed by atoms with Gasteiger partial charge in [0, 0.05) is 43.9 Å². The molecular formula is C17H31N3O. The van der Waals surface area contributed by atoms with Gasteiger partial charge in [0.05, 0.1) is 6.10 Å². The number of nitrogens with zero attached hydrogens (tertiary/aromatic N) is 1. The van der Waals surface area contributed by atoms with Crippen LogP contribution in [0.1, 0.15) is 39.5 Å². The first-order valence-electron chi connectivity index (χ1n) is 8.65. The van der Waals surface area contributed by atoms with Crippen LogP contribution in [0.3, 0.4) is 0 Å². The van der Waals surface area contributed by atoms with E-state index in [2.05, 4.69) is 29.4 Å². The van der Waals surface area contributed by atoms with Crippen molar-refractivity contribution in [1.82, 2.24) is 15.5 Å². The van der Waals surface area contributed by atoms with E-state index in [9.17, 15) is 0 Å². The maximum atomic E-state index is 5.56. The quantitative estimate of drug-likeness (QED) is 0.831. The minimum absolute atomic E-state index is 0.341. The first kappa shape index (κ1) is 15.3. The summed E-state index contributed by atoms with van der Waals surface area (Å²) in [6.45, 7) is 9.28. The van der Waals surface area contributed by atoms with E-state index in [1.54, 1.807) is 5.57 Å². The molecule has 0 bridgehead atoms. The van der Waals surface area contributed by atoms with E-state index in [4.69, 9.17) is 4.74 Å². The molecule has 3 aliphatic rings. The monoisotopic (exact) mass is 293 g/mol. The molecule has 2 N–H and O–H groups in total. The van der Waals surface area contributed by atoms with Gasteiger partial charge in [-0.2, -0.15) is 0 Å². The van der Waals surface area contributed by atoms with Crippen LogP contribution in [0.25, 0.3) is 0 Å². The van der Waals surface area contributed by atoms with Gasteiger partial charge in [-0.3, -0.25) is 4.90 Å². The molecule has 3 heterocycles. The third-order valence-corrected chi connectivity index (χ3v) is 5.88. The Kier molecular flexibility index (Phi) is 4.87. The first-order valence-corrected chi connectivity index (χ1v) is 8.65. The number of methoxy groups -OCH3 is 1. The Bertz CT molecular complexity index is 389. The number of ether oxygens (including phenoxy) is 1. The van der Waals surface area contributed by atoms with Gasteiger partial charge in [0.1, 0.15) is 0 Å². The molecule has 1 fully saturated rings. The number of rotatable bonds is 3. The van der Waals surface area contributed by atoms with Gasteiger partial charge in [-0.1, -0.05) is 0 Å². The molecule has 0 aromatic heterocycles. The summed E-state index contributed by atoms with van der Waals surface area (Å²) in [5.74, 6) is 0.615. The van der Waals surface area contributed by atoms with Crippen LogP contribution in [0.2, 0.25) is 0 Å². The first-order chi connectivity index (χ1) is 10.2. The van der Waals surface area contributed by atoms with Crippen LogP contribution in [0, 0.1) is 5.92 Å². The molecular weight excluding hydrogens is 262 g/mol. The zero-order valence-electron chi connectivity index (χ0n) is 13.8. The Hall–Kier alpha value is -0.580. The number of hydrogen-bond donors (Lipinski definition) is 2. The summed E-state index contributed by atoms with van der Waals surface area (Å²) >= 11 is 0. The molecule has 120 valence electrons. The normalized spacial score (nSPS) is 33.5. The predicted octanol–water partition coefficient (Wildman–Crippen LogP) is 1.73. The van der Waals surface area contributed by atoms with Crippen molar-refractivity contribution in [1.29, 1.82) is 0 Å². The zero-order valence-corrected chi connectivity index (χ0v) is 13.8. The Morgan fingerprint density at radius 2 is 2.05 bits per heavy atom. The molecule has 0 amide bonds. The highest BCUT2D eigenvalue weighted by atomic mass is 16.5. The van der Waals surface area contributed by atoms with Gasteiger partial charge in [-0.15, -0.1) is 0 Å². The Morgan fingerprint density at radius 1 is 1.29 bits per heavy atom. The summed E-state index contributed by atoms with van der Waals surface area (Å²) in [5.41, 5.74) is 3.19. The Labute approximate surface area is 129 Å². The van der Waals surface area contributed by atoms with Gasteiger partial charge in [0.25, 0.3) is 0 Å². The van der Waals surface area contributed by atoms with Crippen molar-refractivity contribution in [3.05, 3.63) is 11.3 Å². The minimum Gasteiger partial charge on any atom is -0.388 e. The highest BCUT2D eigenvalue weighted by molar-refractivity contribution is 5.25. The third-order valence-electron chi connectivity index (χ3n) is 5.88. The summed E-state index contributed by atoms with van der Waals surface area (Å²) in [6.07, 6.45) is 5.36. The summed E-state index contributed by atoms with van der Waals surface area (Å²) in [6, 6.07) is 1.37. The molecule has 3 aliphatic heterocycles. The van der Waals surface area contributed by atoms with Crippen molar-refractivity contribution < 1.29 is 4.74 Å². The summed E-state index contributed by atoms with van der Waals surface area (Å²) < 4.78 is 5.56. The highest BCUT2D eigenvalue weighted by Gasteiger charge is 2.35. The fourth-order valence-electron chi connectivity index (χ4n) is 4.31. The fraction of sp³-hybridized carbons (Fsp3) is 0.882. The SMILES string of the molecule is CO[C@@H](C)[C@@H]1CNC2=C(C1)[C@@H](C)N(C1CCNCC1)CC2. The van der Waals surface area contributed by atoms with E-state index in [1.165, 1.54) is 51.0 Å². The minimum atomic E-state index is 0.341. The standard InChI is InChI=1S/C17H31N3O/c1-12-16-10-14(13(2)21-3)11-19-17(16)6-9-20(12)15-4-7-18-8-5-15/h12-15,18-19H,4-11H2,1-3H3/t12-,13+,14+/m1/s1. The maximum absolute atomic E-state index is 5.56. The van der Waals surface area contributed by atoms with E-state index in [-0.39, 0.29) is 0 Å². The molecule has 0 aromatic rings. The second-order valence-corrected chi connectivity index (χ2v) is 6.93. The van der Waals surface area contributed by atoms with Crippen LogP contribution in [0.4, 0.5) is 0 Å². The van der Waals surface area contributed by atoms with Crippen LogP contribution in [-0.4, -0.2) is 56.4 Å². The lowest BCUT2D eigenvalue weighted by atomic mass is 9.83. The van der Waals surface area contributed by atoms with Crippen LogP contribution in [0.15, 0.2) is 11.3 Å². The smallest absolute Gasteiger partial charge is 0.0591 e. The lowest BCUT2D eigenvalue weighted by molar-refractivity contribution is 0.0564. The van der Waals surface area contributed by atoms with Crippen molar-refractivity contribution in [3.8, 4) is 0 Å². The molecule has 3 rings (SSSR count). The maximum Gasteiger partial charge on any atom is 0.0591 e. The van der Waals surface area contributed by atoms with E-state index in [1.807, 2.05) is 7.11 Å². The lowest BCUT2D eigenvalue weighted by Crippen LogP contribution is -2.52. The second-order valence-electron chi connectivity index (χ2n) is 6.93. The van der Waals surface area contributed by atoms with E-state index in [0.717, 1.165) is 12.6 Å². The van der Waals surface area contributed by atoms with Crippen molar-refractivity contribution in [2.24, 2.45) is 5.92 Å². The second kappa shape index (κ2) is 6.67. The van der Waals surface area contributed by atoms with Crippen molar-refractivity contribution in [2.75, 3.05) is 33.3 Å². The number of hydrogen-bond acceptors (Lipinski definition) is 4. The lowest BCUT2D eigenvalue weighted by Gasteiger charge is -2.46. The van der Waals surface area contributed by atoms with E-state index >= 15 is 0 Å². The summed E-state index contributed by atoms with van der Waals surface area (Å²) in [4.78, 5) is 2.77. The van der Waals surface area contributed by atoms with Crippen molar-refractivity contribution >= 4 is 0 Å². The molecule has 0 unspecified atom stereocenters. The van der Waals surface area contributed by atoms with Gasteiger partial charge in [0.15, 0.2) is 0 Å². The van der Waals surface area contributed by atoms with E-state index < -0.39 is 0 Å². The zero-order chi connectivity index (χ0) is 14.8. The molecule has 0 aliphatic carbocycles. The molecule has 0 radical (unpaired) electrons. The topological polar surface area (TPSA) is 36.5 Å². The van der Waals surface area contributed by atoms with Crippen molar-refractivity contribution in [2.45, 2.75) is 57.7 Å². The molecule has 0 saturated carbocycles. The molecule has 1 saturated heterocycles. The van der Waals surface area contributed by atoms with Crippen LogP contribution in [0.5, 0.6) is 0 Å². The summed E-state index contributed by atoms with van der Waals surface area (Å²) in [5, 5.41) is 7.19. The summed E-state index contributed by atoms with van der Waals surface area (Å²) in [7, 11) is 1.83. The Balaban J connectivity index is 1.70. The van der Waals surface area contributed by atoms with Gasteiger partial charge >= 0.3 is 0 Å². The molecule has 0 aromatic carbocycles. The molecule has 4 heteroatoms.